The maximum atomic E-state index is 12.6. The van der Waals surface area contributed by atoms with Crippen molar-refractivity contribution in [3.05, 3.63) is 23.8 Å². The molecule has 1 aromatic rings. The number of primary amides is 1. The van der Waals surface area contributed by atoms with Crippen molar-refractivity contribution in [3.8, 4) is 5.75 Å². The van der Waals surface area contributed by atoms with E-state index in [1.165, 1.54) is 29.4 Å². The molecule has 1 heterocycles. The second kappa shape index (κ2) is 7.83. The Morgan fingerprint density at radius 3 is 2.52 bits per heavy atom. The zero-order valence-corrected chi connectivity index (χ0v) is 15.1. The molecule has 0 saturated carbocycles. The minimum Gasteiger partial charge on any atom is -0.480 e. The molecule has 0 aliphatic carbocycles. The molecule has 25 heavy (non-hydrogen) atoms. The topological polar surface area (TPSA) is 119 Å². The molecule has 1 saturated heterocycles. The number of carbonyl (C=O) groups excluding carboxylic acids is 2. The Morgan fingerprint density at radius 1 is 1.32 bits per heavy atom. The van der Waals surface area contributed by atoms with Gasteiger partial charge in [0.05, 0.1) is 10.5 Å². The minimum absolute atomic E-state index is 0.0128. The Balaban J connectivity index is 2.31. The quantitative estimate of drug-likeness (QED) is 0.724. The van der Waals surface area contributed by atoms with E-state index in [9.17, 15) is 18.0 Å². The number of nitrogens with one attached hydrogen (secondary N) is 1. The Morgan fingerprint density at radius 2 is 1.96 bits per heavy atom. The van der Waals surface area contributed by atoms with Gasteiger partial charge in [-0.1, -0.05) is 0 Å². The summed E-state index contributed by atoms with van der Waals surface area (Å²) in [4.78, 5) is 23.5. The molecule has 8 nitrogen and oxygen atoms in total. The van der Waals surface area contributed by atoms with Gasteiger partial charge in [0, 0.05) is 19.6 Å². The number of rotatable bonds is 7. The molecule has 138 valence electrons. The summed E-state index contributed by atoms with van der Waals surface area (Å²) in [5.74, 6) is -1.09. The molecule has 2 rings (SSSR count). The number of amides is 2. The third-order valence-corrected chi connectivity index (χ3v) is 5.84. The first-order chi connectivity index (χ1) is 11.8. The van der Waals surface area contributed by atoms with E-state index < -0.39 is 22.0 Å². The molecule has 1 aliphatic heterocycles. The van der Waals surface area contributed by atoms with Crippen molar-refractivity contribution in [2.24, 2.45) is 5.73 Å². The lowest BCUT2D eigenvalue weighted by Gasteiger charge is -2.19. The van der Waals surface area contributed by atoms with E-state index in [-0.39, 0.29) is 22.1 Å². The van der Waals surface area contributed by atoms with E-state index in [0.29, 0.717) is 19.6 Å². The summed E-state index contributed by atoms with van der Waals surface area (Å²) in [6.45, 7) is 4.67. The number of sulfonamides is 1. The van der Waals surface area contributed by atoms with E-state index in [1.807, 2.05) is 0 Å². The van der Waals surface area contributed by atoms with E-state index in [4.69, 9.17) is 10.5 Å². The first-order valence-electron chi connectivity index (χ1n) is 8.15. The van der Waals surface area contributed by atoms with Crippen LogP contribution in [0.15, 0.2) is 23.1 Å². The molecule has 2 amide bonds. The highest BCUT2D eigenvalue weighted by atomic mass is 32.2. The Hall–Kier alpha value is -2.13. The highest BCUT2D eigenvalue weighted by Gasteiger charge is 2.29. The monoisotopic (exact) mass is 369 g/mol. The first kappa shape index (κ1) is 19.2. The van der Waals surface area contributed by atoms with Crippen LogP contribution in [0.1, 0.15) is 37.0 Å². The average molecular weight is 369 g/mol. The second-order valence-corrected chi connectivity index (χ2v) is 7.73. The van der Waals surface area contributed by atoms with Gasteiger partial charge in [0.25, 0.3) is 11.8 Å². The molecular formula is C16H23N3O5S. The highest BCUT2D eigenvalue weighted by molar-refractivity contribution is 7.89. The molecule has 1 aromatic carbocycles. The van der Waals surface area contributed by atoms with Crippen molar-refractivity contribution < 1.29 is 22.7 Å². The fourth-order valence-electron chi connectivity index (χ4n) is 2.60. The van der Waals surface area contributed by atoms with Gasteiger partial charge in [-0.25, -0.2) is 8.42 Å². The largest absolute Gasteiger partial charge is 0.480 e. The maximum absolute atomic E-state index is 12.6. The lowest BCUT2D eigenvalue weighted by Crippen LogP contribution is -2.36. The number of nitrogens with zero attached hydrogens (tertiary/aromatic N) is 1. The number of hydrogen-bond donors (Lipinski definition) is 2. The van der Waals surface area contributed by atoms with Gasteiger partial charge in [-0.05, 0) is 44.9 Å². The molecule has 0 spiro atoms. The summed E-state index contributed by atoms with van der Waals surface area (Å²) >= 11 is 0. The fourth-order valence-corrected chi connectivity index (χ4v) is 4.15. The van der Waals surface area contributed by atoms with Crippen LogP contribution in [0.25, 0.3) is 0 Å². The van der Waals surface area contributed by atoms with Gasteiger partial charge in [-0.15, -0.1) is 0 Å². The Bertz CT molecular complexity index is 757. The molecule has 1 fully saturated rings. The Kier molecular flexibility index (Phi) is 6.02. The minimum atomic E-state index is -3.67. The van der Waals surface area contributed by atoms with Gasteiger partial charge in [0.2, 0.25) is 10.0 Å². The van der Waals surface area contributed by atoms with Gasteiger partial charge in [0.15, 0.2) is 6.10 Å². The molecule has 9 heteroatoms. The van der Waals surface area contributed by atoms with Crippen molar-refractivity contribution in [2.75, 3.05) is 19.6 Å². The summed E-state index contributed by atoms with van der Waals surface area (Å²) in [6.07, 6.45) is 0.777. The molecule has 1 aliphatic rings. The molecule has 3 N–H and O–H groups in total. The number of ether oxygens (including phenoxy) is 1. The van der Waals surface area contributed by atoms with Crippen LogP contribution in [-0.4, -0.2) is 50.3 Å². The van der Waals surface area contributed by atoms with Gasteiger partial charge >= 0.3 is 0 Å². The second-order valence-electron chi connectivity index (χ2n) is 5.79. The van der Waals surface area contributed by atoms with Crippen LogP contribution in [0.5, 0.6) is 5.75 Å². The van der Waals surface area contributed by atoms with Crippen molar-refractivity contribution in [1.82, 2.24) is 9.62 Å². The zero-order chi connectivity index (χ0) is 18.6. The van der Waals surface area contributed by atoms with Gasteiger partial charge in [0.1, 0.15) is 5.75 Å². The van der Waals surface area contributed by atoms with Crippen molar-refractivity contribution >= 4 is 21.8 Å². The van der Waals surface area contributed by atoms with Crippen LogP contribution in [0.3, 0.4) is 0 Å². The highest BCUT2D eigenvalue weighted by Crippen LogP contribution is 2.27. The number of carbonyl (C=O) groups is 2. The summed E-state index contributed by atoms with van der Waals surface area (Å²) in [5, 5.41) is 2.60. The first-order valence-corrected chi connectivity index (χ1v) is 9.59. The number of benzene rings is 1. The number of nitrogens with two attached hydrogens (primary N) is 1. The van der Waals surface area contributed by atoms with E-state index >= 15 is 0 Å². The Labute approximate surface area is 147 Å². The summed E-state index contributed by atoms with van der Waals surface area (Å²) < 4.78 is 32.1. The van der Waals surface area contributed by atoms with E-state index in [1.54, 1.807) is 6.92 Å². The van der Waals surface area contributed by atoms with Gasteiger partial charge in [-0.3, -0.25) is 9.59 Å². The smallest absolute Gasteiger partial charge is 0.260 e. The van der Waals surface area contributed by atoms with Crippen LogP contribution in [-0.2, 0) is 14.8 Å². The lowest BCUT2D eigenvalue weighted by atomic mass is 10.2. The van der Waals surface area contributed by atoms with Gasteiger partial charge in [-0.2, -0.15) is 4.31 Å². The number of hydrogen-bond acceptors (Lipinski definition) is 5. The van der Waals surface area contributed by atoms with Crippen LogP contribution >= 0.6 is 0 Å². The number of likely N-dealkylation sites (N-methyl/N-ethyl adjacent to an activating group) is 1. The van der Waals surface area contributed by atoms with E-state index in [2.05, 4.69) is 5.32 Å². The average Bonchev–Trinajstić information content (AvgIpc) is 3.10. The summed E-state index contributed by atoms with van der Waals surface area (Å²) in [5.41, 5.74) is 5.29. The molecule has 1 atom stereocenters. The normalized spacial score (nSPS) is 16.4. The van der Waals surface area contributed by atoms with E-state index in [0.717, 1.165) is 12.8 Å². The third-order valence-electron chi connectivity index (χ3n) is 3.94. The van der Waals surface area contributed by atoms with Crippen molar-refractivity contribution in [2.45, 2.75) is 37.7 Å². The molecule has 0 bridgehead atoms. The standard InChI is InChI=1S/C16H23N3O5S/c1-3-18-16(21)11(2)24-14-7-6-12(10-13(14)15(17)20)25(22,23)19-8-4-5-9-19/h6-7,10-11H,3-5,8-9H2,1-2H3,(H2,17,20)(H,18,21)/t11-/m1/s1. The van der Waals surface area contributed by atoms with Gasteiger partial charge < -0.3 is 15.8 Å². The third kappa shape index (κ3) is 4.29. The van der Waals surface area contributed by atoms with Crippen molar-refractivity contribution in [3.63, 3.8) is 0 Å². The van der Waals surface area contributed by atoms with Crippen molar-refractivity contribution in [1.29, 1.82) is 0 Å². The van der Waals surface area contributed by atoms with Crippen LogP contribution in [0.4, 0.5) is 0 Å². The zero-order valence-electron chi connectivity index (χ0n) is 14.3. The molecule has 0 radical (unpaired) electrons. The maximum Gasteiger partial charge on any atom is 0.260 e. The SMILES string of the molecule is CCNC(=O)[C@@H](C)Oc1ccc(S(=O)(=O)N2CCCC2)cc1C(N)=O. The molecule has 0 aromatic heterocycles. The molecular weight excluding hydrogens is 346 g/mol. The molecule has 0 unspecified atom stereocenters. The predicted molar refractivity (Wildman–Crippen MR) is 91.7 cm³/mol. The van der Waals surface area contributed by atoms with Crippen LogP contribution < -0.4 is 15.8 Å². The fraction of sp³-hybridized carbons (Fsp3) is 0.500. The predicted octanol–water partition coefficient (Wildman–Crippen LogP) is 0.473. The summed E-state index contributed by atoms with van der Waals surface area (Å²) in [7, 11) is -3.67. The van der Waals surface area contributed by atoms with Crippen LogP contribution in [0.2, 0.25) is 0 Å². The summed E-state index contributed by atoms with van der Waals surface area (Å²) in [6, 6.07) is 3.93. The lowest BCUT2D eigenvalue weighted by molar-refractivity contribution is -0.127. The van der Waals surface area contributed by atoms with Crippen LogP contribution in [0, 0.1) is 0 Å².